The zero-order valence-electron chi connectivity index (χ0n) is 39.9. The highest BCUT2D eigenvalue weighted by molar-refractivity contribution is 9.10. The van der Waals surface area contributed by atoms with Crippen LogP contribution in [0.2, 0.25) is 0 Å². The Kier molecular flexibility index (Phi) is 17.3. The van der Waals surface area contributed by atoms with Gasteiger partial charge in [-0.2, -0.15) is 52.7 Å². The van der Waals surface area contributed by atoms with Crippen molar-refractivity contribution in [2.75, 3.05) is 6.61 Å². The maximum atomic E-state index is 13.4. The molecular formula is C51H51BrF12N2O6. The molecule has 6 rings (SSSR count). The smallest absolute Gasteiger partial charge is 0.416 e. The van der Waals surface area contributed by atoms with Crippen molar-refractivity contribution in [2.24, 2.45) is 0 Å². The summed E-state index contributed by atoms with van der Waals surface area (Å²) < 4.78 is 177. The number of halogens is 13. The number of hydrogen-bond donors (Lipinski definition) is 0. The molecule has 0 heterocycles. The fourth-order valence-corrected chi connectivity index (χ4v) is 8.55. The van der Waals surface area contributed by atoms with Gasteiger partial charge in [0.2, 0.25) is 0 Å². The molecule has 0 spiro atoms. The molecule has 2 aliphatic rings. The minimum atomic E-state index is -5.01. The Hall–Kier alpha value is -5.73. The number of alkyl halides is 12. The van der Waals surface area contributed by atoms with Crippen LogP contribution in [0.3, 0.4) is 0 Å². The molecule has 8 nitrogen and oxygen atoms in total. The molecule has 0 bridgehead atoms. The average Bonchev–Trinajstić information content (AvgIpc) is 3.85. The predicted octanol–water partition coefficient (Wildman–Crippen LogP) is 15.6. The lowest BCUT2D eigenvalue weighted by molar-refractivity contribution is -0.144. The third-order valence-electron chi connectivity index (χ3n) is 11.1. The van der Waals surface area contributed by atoms with E-state index in [1.807, 2.05) is 12.1 Å². The summed E-state index contributed by atoms with van der Waals surface area (Å²) in [6, 6.07) is 12.1. The summed E-state index contributed by atoms with van der Waals surface area (Å²) in [7, 11) is 0. The lowest BCUT2D eigenvalue weighted by Crippen LogP contribution is -2.38. The summed E-state index contributed by atoms with van der Waals surface area (Å²) >= 11 is 3.38. The van der Waals surface area contributed by atoms with E-state index in [2.05, 4.69) is 15.9 Å². The zero-order valence-corrected chi connectivity index (χ0v) is 41.5. The number of carbonyl (C=O) groups excluding carboxylic acids is 3. The van der Waals surface area contributed by atoms with Gasteiger partial charge in [0.15, 0.2) is 0 Å². The van der Waals surface area contributed by atoms with Gasteiger partial charge in [-0.05, 0) is 168 Å². The van der Waals surface area contributed by atoms with E-state index in [1.165, 1.54) is 15.9 Å². The molecule has 4 aromatic rings. The molecule has 72 heavy (non-hydrogen) atoms. The van der Waals surface area contributed by atoms with Crippen molar-refractivity contribution in [3.05, 3.63) is 145 Å². The molecule has 0 N–H and O–H groups in total. The summed E-state index contributed by atoms with van der Waals surface area (Å²) in [5.41, 5.74) is -4.28. The molecule has 392 valence electrons. The molecule has 0 radical (unpaired) electrons. The van der Waals surface area contributed by atoms with E-state index in [1.54, 1.807) is 78.8 Å². The molecular weight excluding hydrogens is 1040 g/mol. The summed E-state index contributed by atoms with van der Waals surface area (Å²) in [6.45, 7) is 10.6. The van der Waals surface area contributed by atoms with Crippen molar-refractivity contribution < 1.29 is 81.3 Å². The topological polar surface area (TPSA) is 85.4 Å². The van der Waals surface area contributed by atoms with Gasteiger partial charge in [-0.1, -0.05) is 40.2 Å². The maximum absolute atomic E-state index is 13.4. The van der Waals surface area contributed by atoms with Crippen molar-refractivity contribution in [2.45, 2.75) is 135 Å². The molecule has 0 fully saturated rings. The molecule has 0 aromatic heterocycles. The number of aryl methyl sites for hydroxylation is 2. The highest BCUT2D eigenvalue weighted by atomic mass is 79.9. The number of nitrogens with zero attached hydrogens (tertiary/aromatic N) is 2. The van der Waals surface area contributed by atoms with Crippen LogP contribution in [0.4, 0.5) is 62.3 Å². The van der Waals surface area contributed by atoms with Crippen molar-refractivity contribution in [3.63, 3.8) is 0 Å². The third kappa shape index (κ3) is 15.6. The third-order valence-corrected chi connectivity index (χ3v) is 11.6. The fraction of sp³-hybridized carbons (Fsp3) is 0.431. The number of amides is 2. The summed E-state index contributed by atoms with van der Waals surface area (Å²) in [5, 5.41) is 0. The first-order valence-corrected chi connectivity index (χ1v) is 23.1. The summed E-state index contributed by atoms with van der Waals surface area (Å²) in [5.74, 6) is -0.508. The standard InChI is InChI=1S/C28H29F6NO4.C23H22BrF6NO2/c1-5-38-24(36)11-7-17-6-9-22-19(12-17)8-10-23(22)35(25(37)39-26(2,3)4)16-18-13-20(27(29,30)31)15-21(14-18)28(32,33)34;1-21(2,3)33-20(32)31(19-7-4-14-10-17(24)5-6-18(14)19)12-13-8-15(22(25,26)27)11-16(9-13)23(28,29)30/h6-7,9,11-15,23H,5,8,10,16H2,1-4H3;5-6,8-11,19H,4,7,12H2,1-3H3/b11-7+;. The van der Waals surface area contributed by atoms with Crippen LogP contribution in [0, 0.1) is 0 Å². The molecule has 2 unspecified atom stereocenters. The molecule has 0 saturated carbocycles. The van der Waals surface area contributed by atoms with Crippen LogP contribution in [-0.4, -0.2) is 45.8 Å². The van der Waals surface area contributed by atoms with Crippen LogP contribution in [-0.2, 0) is 69.6 Å². The van der Waals surface area contributed by atoms with Gasteiger partial charge in [0.25, 0.3) is 0 Å². The van der Waals surface area contributed by atoms with Gasteiger partial charge in [-0.15, -0.1) is 0 Å². The van der Waals surface area contributed by atoms with Gasteiger partial charge in [0.1, 0.15) is 11.2 Å². The van der Waals surface area contributed by atoms with Crippen LogP contribution in [0.5, 0.6) is 0 Å². The Morgan fingerprint density at radius 2 is 0.944 bits per heavy atom. The molecule has 0 aliphatic heterocycles. The molecule has 2 aliphatic carbocycles. The van der Waals surface area contributed by atoms with E-state index in [-0.39, 0.29) is 29.9 Å². The second kappa shape index (κ2) is 21.8. The lowest BCUT2D eigenvalue weighted by Gasteiger charge is -2.32. The Morgan fingerprint density at radius 1 is 0.569 bits per heavy atom. The van der Waals surface area contributed by atoms with E-state index in [9.17, 15) is 67.1 Å². The number of fused-ring (bicyclic) bond motifs is 2. The molecule has 0 saturated heterocycles. The van der Waals surface area contributed by atoms with Gasteiger partial charge in [-0.3, -0.25) is 9.80 Å². The first-order chi connectivity index (χ1) is 33.0. The Balaban J connectivity index is 0.000000271. The zero-order chi connectivity index (χ0) is 53.9. The summed E-state index contributed by atoms with van der Waals surface area (Å²) in [6.07, 6.45) is -16.9. The number of rotatable bonds is 9. The van der Waals surface area contributed by atoms with E-state index >= 15 is 0 Å². The lowest BCUT2D eigenvalue weighted by atomic mass is 10.0. The number of ether oxygens (including phenoxy) is 3. The minimum absolute atomic E-state index is 0.0531. The molecule has 2 atom stereocenters. The Morgan fingerprint density at radius 3 is 1.31 bits per heavy atom. The largest absolute Gasteiger partial charge is 0.463 e. The molecule has 2 amide bonds. The van der Waals surface area contributed by atoms with Crippen molar-refractivity contribution in [1.29, 1.82) is 0 Å². The maximum Gasteiger partial charge on any atom is 0.416 e. The monoisotopic (exact) mass is 1090 g/mol. The SMILES string of the molecule is CC(C)(C)OC(=O)N(Cc1cc(C(F)(F)F)cc(C(F)(F)F)c1)C1CCc2cc(Br)ccc21.CCOC(=O)/C=C/c1ccc2c(c1)CCC2N(Cc1cc(C(F)(F)F)cc(C(F)(F)F)c1)C(=O)OC(C)(C)C. The fourth-order valence-electron chi connectivity index (χ4n) is 8.14. The van der Waals surface area contributed by atoms with Gasteiger partial charge in [0.05, 0.1) is 40.9 Å². The van der Waals surface area contributed by atoms with E-state index in [0.717, 1.165) is 21.2 Å². The van der Waals surface area contributed by atoms with Crippen LogP contribution in [0.25, 0.3) is 6.08 Å². The van der Waals surface area contributed by atoms with Crippen LogP contribution < -0.4 is 0 Å². The van der Waals surface area contributed by atoms with E-state index in [4.69, 9.17) is 14.2 Å². The highest BCUT2D eigenvalue weighted by Gasteiger charge is 2.41. The average molecular weight is 1100 g/mol. The number of carbonyl (C=O) groups is 3. The van der Waals surface area contributed by atoms with Crippen LogP contribution in [0.15, 0.2) is 83.3 Å². The predicted molar refractivity (Wildman–Crippen MR) is 245 cm³/mol. The first-order valence-electron chi connectivity index (χ1n) is 22.3. The van der Waals surface area contributed by atoms with E-state index in [0.29, 0.717) is 61.1 Å². The minimum Gasteiger partial charge on any atom is -0.463 e. The Bertz CT molecular complexity index is 2580. The van der Waals surface area contributed by atoms with Gasteiger partial charge in [0, 0.05) is 23.6 Å². The molecule has 21 heteroatoms. The second-order valence-corrected chi connectivity index (χ2v) is 20.0. The first kappa shape index (κ1) is 57.2. The number of benzene rings is 4. The van der Waals surface area contributed by atoms with Crippen molar-refractivity contribution >= 4 is 40.2 Å². The van der Waals surface area contributed by atoms with Gasteiger partial charge in [-0.25, -0.2) is 14.4 Å². The highest BCUT2D eigenvalue weighted by Crippen LogP contribution is 2.43. The van der Waals surface area contributed by atoms with Crippen LogP contribution in [0.1, 0.15) is 135 Å². The Labute approximate surface area is 416 Å². The van der Waals surface area contributed by atoms with Gasteiger partial charge >= 0.3 is 42.9 Å². The van der Waals surface area contributed by atoms with Crippen molar-refractivity contribution in [1.82, 2.24) is 9.80 Å². The van der Waals surface area contributed by atoms with Crippen molar-refractivity contribution in [3.8, 4) is 0 Å². The summed E-state index contributed by atoms with van der Waals surface area (Å²) in [4.78, 5) is 40.3. The normalized spacial score (nSPS) is 16.1. The molecule has 4 aromatic carbocycles. The van der Waals surface area contributed by atoms with E-state index < -0.39 is 101 Å². The quantitative estimate of drug-likeness (QED) is 0.0718. The second-order valence-electron chi connectivity index (χ2n) is 19.0. The van der Waals surface area contributed by atoms with Gasteiger partial charge < -0.3 is 14.2 Å². The number of esters is 1. The number of hydrogen-bond acceptors (Lipinski definition) is 6. The van der Waals surface area contributed by atoms with Crippen LogP contribution >= 0.6 is 15.9 Å².